The molecule has 1 aromatic carbocycles. The Hall–Kier alpha value is -2.22. The molecule has 1 atom stereocenters. The van der Waals surface area contributed by atoms with Crippen LogP contribution in [0.2, 0.25) is 0 Å². The van der Waals surface area contributed by atoms with Gasteiger partial charge in [0.05, 0.1) is 31.9 Å². The molecule has 2 aliphatic rings. The second-order valence-electron chi connectivity index (χ2n) is 8.24. The predicted molar refractivity (Wildman–Crippen MR) is 119 cm³/mol. The van der Waals surface area contributed by atoms with E-state index in [1.54, 1.807) is 23.5 Å². The van der Waals surface area contributed by atoms with Crippen LogP contribution < -0.4 is 15.5 Å². The molecule has 1 aliphatic carbocycles. The number of thiophene rings is 1. The maximum atomic E-state index is 13.2. The molecule has 7 heteroatoms. The van der Waals surface area contributed by atoms with Gasteiger partial charge in [0.15, 0.2) is 0 Å². The molecule has 0 unspecified atom stereocenters. The highest BCUT2D eigenvalue weighted by atomic mass is 32.1. The minimum atomic E-state index is -0.172. The van der Waals surface area contributed by atoms with Gasteiger partial charge in [0.25, 0.3) is 11.8 Å². The lowest BCUT2D eigenvalue weighted by atomic mass is 9.88. The van der Waals surface area contributed by atoms with Gasteiger partial charge in [0.1, 0.15) is 18.1 Å². The summed E-state index contributed by atoms with van der Waals surface area (Å²) in [6, 6.07) is 9.15. The number of benzene rings is 1. The largest absolute Gasteiger partial charge is 0.370 e. The molecular weight excluding hydrogens is 398 g/mol. The zero-order valence-corrected chi connectivity index (χ0v) is 18.3. The molecule has 2 heterocycles. The van der Waals surface area contributed by atoms with E-state index in [0.29, 0.717) is 28.6 Å². The molecule has 0 bridgehead atoms. The third kappa shape index (κ3) is 4.91. The van der Waals surface area contributed by atoms with Gasteiger partial charge in [-0.3, -0.25) is 9.59 Å². The van der Waals surface area contributed by atoms with Crippen molar-refractivity contribution in [1.29, 1.82) is 0 Å². The third-order valence-corrected chi connectivity index (χ3v) is 7.14. The number of carbonyl (C=O) groups is 2. The standard InChI is InChI=1S/C23H29N3O3S/c1-16-7-8-18-19(15-16)30-23(25-21(27)17-5-3-2-4-6-17)20(18)22(28)24-9-10-26-11-13-29-14-12-26/h2-6,16H,7-15H2,1H3,(H,24,28)(H,25,27)/p+1/t16-/m0/s1. The highest BCUT2D eigenvalue weighted by molar-refractivity contribution is 7.17. The molecule has 1 aromatic heterocycles. The Morgan fingerprint density at radius 1 is 1.17 bits per heavy atom. The number of fused-ring (bicyclic) bond motifs is 1. The predicted octanol–water partition coefficient (Wildman–Crippen LogP) is 1.77. The first-order valence-corrected chi connectivity index (χ1v) is 11.6. The molecule has 3 N–H and O–H groups in total. The Balaban J connectivity index is 1.49. The Morgan fingerprint density at radius 2 is 1.93 bits per heavy atom. The SMILES string of the molecule is C[C@H]1CCc2c(sc(NC(=O)c3ccccc3)c2C(=O)NCC[NH+]2CCOCC2)C1. The van der Waals surface area contributed by atoms with Crippen LogP contribution in [0, 0.1) is 5.92 Å². The number of anilines is 1. The van der Waals surface area contributed by atoms with Crippen LogP contribution in [-0.2, 0) is 17.6 Å². The van der Waals surface area contributed by atoms with Gasteiger partial charge in [-0.25, -0.2) is 0 Å². The maximum Gasteiger partial charge on any atom is 0.256 e. The Labute approximate surface area is 181 Å². The highest BCUT2D eigenvalue weighted by Crippen LogP contribution is 2.39. The number of hydrogen-bond acceptors (Lipinski definition) is 4. The van der Waals surface area contributed by atoms with Crippen molar-refractivity contribution >= 4 is 28.2 Å². The molecule has 1 saturated heterocycles. The molecule has 1 aliphatic heterocycles. The first-order chi connectivity index (χ1) is 14.6. The van der Waals surface area contributed by atoms with Crippen molar-refractivity contribution in [2.75, 3.05) is 44.7 Å². The van der Waals surface area contributed by atoms with E-state index >= 15 is 0 Å². The number of hydrogen-bond donors (Lipinski definition) is 3. The summed E-state index contributed by atoms with van der Waals surface area (Å²) in [7, 11) is 0. The summed E-state index contributed by atoms with van der Waals surface area (Å²) in [5.74, 6) is 0.363. The summed E-state index contributed by atoms with van der Waals surface area (Å²) in [5, 5.41) is 6.80. The average Bonchev–Trinajstić information content (AvgIpc) is 3.11. The normalized spacial score (nSPS) is 19.2. The summed E-state index contributed by atoms with van der Waals surface area (Å²) in [4.78, 5) is 28.6. The summed E-state index contributed by atoms with van der Waals surface area (Å²) < 4.78 is 5.40. The second kappa shape index (κ2) is 9.73. The zero-order valence-electron chi connectivity index (χ0n) is 17.5. The van der Waals surface area contributed by atoms with Gasteiger partial charge in [0, 0.05) is 10.4 Å². The van der Waals surface area contributed by atoms with E-state index in [4.69, 9.17) is 4.74 Å². The first kappa shape index (κ1) is 21.0. The van der Waals surface area contributed by atoms with Gasteiger partial charge in [-0.15, -0.1) is 11.3 Å². The lowest BCUT2D eigenvalue weighted by Gasteiger charge is -2.23. The van der Waals surface area contributed by atoms with Crippen LogP contribution in [0.4, 0.5) is 5.00 Å². The van der Waals surface area contributed by atoms with Crippen LogP contribution in [-0.4, -0.2) is 51.2 Å². The molecule has 0 spiro atoms. The third-order valence-electron chi connectivity index (χ3n) is 5.97. The number of amides is 2. The number of carbonyl (C=O) groups excluding carboxylic acids is 2. The monoisotopic (exact) mass is 428 g/mol. The Kier molecular flexibility index (Phi) is 6.82. The number of ether oxygens (including phenoxy) is 1. The van der Waals surface area contributed by atoms with Crippen LogP contribution in [0.3, 0.4) is 0 Å². The van der Waals surface area contributed by atoms with E-state index in [1.807, 2.05) is 18.2 Å². The maximum absolute atomic E-state index is 13.2. The van der Waals surface area contributed by atoms with Crippen molar-refractivity contribution in [3.63, 3.8) is 0 Å². The van der Waals surface area contributed by atoms with Crippen LogP contribution >= 0.6 is 11.3 Å². The second-order valence-corrected chi connectivity index (χ2v) is 9.35. The van der Waals surface area contributed by atoms with Crippen LogP contribution in [0.5, 0.6) is 0 Å². The summed E-state index contributed by atoms with van der Waals surface area (Å²) >= 11 is 1.56. The molecule has 2 aromatic rings. The van der Waals surface area contributed by atoms with Gasteiger partial charge in [-0.05, 0) is 42.9 Å². The Bertz CT molecular complexity index is 891. The summed E-state index contributed by atoms with van der Waals surface area (Å²) in [5.41, 5.74) is 2.39. The molecule has 1 fully saturated rings. The quantitative estimate of drug-likeness (QED) is 0.657. The first-order valence-electron chi connectivity index (χ1n) is 10.8. The topological polar surface area (TPSA) is 71.9 Å². The summed E-state index contributed by atoms with van der Waals surface area (Å²) in [6.45, 7) is 7.31. The van der Waals surface area contributed by atoms with Gasteiger partial charge in [0.2, 0.25) is 0 Å². The van der Waals surface area contributed by atoms with E-state index in [1.165, 1.54) is 9.78 Å². The fourth-order valence-electron chi connectivity index (χ4n) is 4.20. The van der Waals surface area contributed by atoms with Crippen molar-refractivity contribution in [2.45, 2.75) is 26.2 Å². The van der Waals surface area contributed by atoms with E-state index in [9.17, 15) is 9.59 Å². The Morgan fingerprint density at radius 3 is 2.70 bits per heavy atom. The van der Waals surface area contributed by atoms with Crippen LogP contribution in [0.1, 0.15) is 44.5 Å². The molecule has 30 heavy (non-hydrogen) atoms. The average molecular weight is 429 g/mol. The van der Waals surface area contributed by atoms with Gasteiger partial charge in [-0.1, -0.05) is 25.1 Å². The molecular formula is C23H30N3O3S+. The molecule has 6 nitrogen and oxygen atoms in total. The minimum absolute atomic E-state index is 0.0712. The van der Waals surface area contributed by atoms with Crippen LogP contribution in [0.25, 0.3) is 0 Å². The van der Waals surface area contributed by atoms with Gasteiger partial charge < -0.3 is 20.3 Å². The fourth-order valence-corrected chi connectivity index (χ4v) is 5.60. The number of rotatable bonds is 6. The van der Waals surface area contributed by atoms with Crippen molar-refractivity contribution < 1.29 is 19.2 Å². The van der Waals surface area contributed by atoms with Gasteiger partial charge >= 0.3 is 0 Å². The van der Waals surface area contributed by atoms with Gasteiger partial charge in [-0.2, -0.15) is 0 Å². The number of nitrogens with one attached hydrogen (secondary N) is 3. The van der Waals surface area contributed by atoms with E-state index in [0.717, 1.165) is 57.7 Å². The molecule has 2 amide bonds. The van der Waals surface area contributed by atoms with Crippen molar-refractivity contribution in [1.82, 2.24) is 5.32 Å². The molecule has 0 saturated carbocycles. The lowest BCUT2D eigenvalue weighted by Crippen LogP contribution is -3.14. The zero-order chi connectivity index (χ0) is 20.9. The van der Waals surface area contributed by atoms with Crippen molar-refractivity contribution in [2.24, 2.45) is 5.92 Å². The van der Waals surface area contributed by atoms with E-state index in [-0.39, 0.29) is 11.8 Å². The molecule has 160 valence electrons. The number of morpholine rings is 1. The molecule has 0 radical (unpaired) electrons. The highest BCUT2D eigenvalue weighted by Gasteiger charge is 2.28. The van der Waals surface area contributed by atoms with E-state index < -0.39 is 0 Å². The van der Waals surface area contributed by atoms with Crippen LogP contribution in [0.15, 0.2) is 30.3 Å². The summed E-state index contributed by atoms with van der Waals surface area (Å²) in [6.07, 6.45) is 2.94. The van der Waals surface area contributed by atoms with Crippen molar-refractivity contribution in [3.8, 4) is 0 Å². The molecule has 4 rings (SSSR count). The lowest BCUT2D eigenvalue weighted by molar-refractivity contribution is -0.906. The van der Waals surface area contributed by atoms with Crippen molar-refractivity contribution in [3.05, 3.63) is 51.9 Å². The van der Waals surface area contributed by atoms with E-state index in [2.05, 4.69) is 17.6 Å². The number of quaternary nitrogens is 1. The minimum Gasteiger partial charge on any atom is -0.370 e. The fraction of sp³-hybridized carbons (Fsp3) is 0.478. The smallest absolute Gasteiger partial charge is 0.256 e.